The third-order valence-electron chi connectivity index (χ3n) is 3.43. The lowest BCUT2D eigenvalue weighted by atomic mass is 10.1. The van der Waals surface area contributed by atoms with Crippen molar-refractivity contribution in [3.05, 3.63) is 29.5 Å². The highest BCUT2D eigenvalue weighted by molar-refractivity contribution is 9.09. The van der Waals surface area contributed by atoms with Crippen LogP contribution in [0, 0.1) is 0 Å². The summed E-state index contributed by atoms with van der Waals surface area (Å²) in [5.74, 6) is -0.415. The van der Waals surface area contributed by atoms with E-state index in [2.05, 4.69) is 45.8 Å². The third-order valence-corrected chi connectivity index (χ3v) is 5.93. The van der Waals surface area contributed by atoms with Crippen molar-refractivity contribution in [1.82, 2.24) is 10.2 Å². The molecule has 0 radical (unpaired) electrons. The van der Waals surface area contributed by atoms with Crippen LogP contribution in [0.5, 0.6) is 0 Å². The summed E-state index contributed by atoms with van der Waals surface area (Å²) in [5, 5.41) is 7.46. The molecule has 0 saturated carbocycles. The summed E-state index contributed by atoms with van der Waals surface area (Å²) >= 11 is 3.57. The number of carbonyl (C=O) groups is 1. The minimum Gasteiger partial charge on any atom is -0.461 e. The van der Waals surface area contributed by atoms with Crippen molar-refractivity contribution in [3.8, 4) is 0 Å². The van der Waals surface area contributed by atoms with Crippen LogP contribution in [0.2, 0.25) is 25.7 Å². The summed E-state index contributed by atoms with van der Waals surface area (Å²) in [6.07, 6.45) is 0. The van der Waals surface area contributed by atoms with Crippen molar-refractivity contribution >= 4 is 40.9 Å². The van der Waals surface area contributed by atoms with E-state index in [9.17, 15) is 4.79 Å². The summed E-state index contributed by atoms with van der Waals surface area (Å²) in [7, 11) is -1.11. The van der Waals surface area contributed by atoms with Gasteiger partial charge in [-0.25, -0.2) is 4.79 Å². The van der Waals surface area contributed by atoms with Crippen LogP contribution < -0.4 is 0 Å². The molecule has 0 aliphatic rings. The second kappa shape index (κ2) is 7.59. The Morgan fingerprint density at radius 1 is 1.39 bits per heavy atom. The van der Waals surface area contributed by atoms with Gasteiger partial charge in [0, 0.05) is 20.1 Å². The molecular weight excluding hydrogens is 376 g/mol. The molecule has 1 aromatic carbocycles. The number of aromatic nitrogens is 2. The SMILES string of the molecule is CCOC(=O)c1n[nH]c2ccc(C(Br)OCC[Si](C)(C)C)cc12. The highest BCUT2D eigenvalue weighted by Crippen LogP contribution is 2.29. The topological polar surface area (TPSA) is 64.2 Å². The maximum Gasteiger partial charge on any atom is 0.359 e. The summed E-state index contributed by atoms with van der Waals surface area (Å²) in [6.45, 7) is 9.79. The summed E-state index contributed by atoms with van der Waals surface area (Å²) in [5.41, 5.74) is 2.07. The van der Waals surface area contributed by atoms with Gasteiger partial charge in [0.2, 0.25) is 0 Å². The molecule has 0 aliphatic heterocycles. The first-order valence-corrected chi connectivity index (χ1v) is 12.3. The Labute approximate surface area is 145 Å². The highest BCUT2D eigenvalue weighted by Gasteiger charge is 2.18. The standard InChI is InChI=1S/C16H23BrN2O3Si/c1-5-21-16(20)14-12-10-11(6-7-13(12)18-19-14)15(17)22-8-9-23(2,3)4/h6-7,10,15H,5,8-9H2,1-4H3,(H,18,19). The van der Waals surface area contributed by atoms with E-state index in [1.807, 2.05) is 18.2 Å². The Morgan fingerprint density at radius 2 is 2.13 bits per heavy atom. The fourth-order valence-corrected chi connectivity index (χ4v) is 3.29. The number of esters is 1. The predicted molar refractivity (Wildman–Crippen MR) is 97.8 cm³/mol. The first kappa shape index (κ1) is 18.2. The molecule has 23 heavy (non-hydrogen) atoms. The lowest BCUT2D eigenvalue weighted by molar-refractivity contribution is 0.0521. The maximum absolute atomic E-state index is 11.9. The zero-order chi connectivity index (χ0) is 17.0. The quantitative estimate of drug-likeness (QED) is 0.423. The van der Waals surface area contributed by atoms with Crippen molar-refractivity contribution in [1.29, 1.82) is 0 Å². The Balaban J connectivity index is 2.15. The van der Waals surface area contributed by atoms with Gasteiger partial charge in [-0.1, -0.05) is 41.6 Å². The predicted octanol–water partition coefficient (Wildman–Crippen LogP) is 4.49. The zero-order valence-electron chi connectivity index (χ0n) is 14.0. The molecule has 0 fully saturated rings. The van der Waals surface area contributed by atoms with E-state index in [1.54, 1.807) is 6.92 Å². The maximum atomic E-state index is 11.9. The Hall–Kier alpha value is -1.18. The molecule has 1 N–H and O–H groups in total. The molecule has 1 unspecified atom stereocenters. The molecule has 7 heteroatoms. The average molecular weight is 399 g/mol. The van der Waals surface area contributed by atoms with Crippen molar-refractivity contribution in [3.63, 3.8) is 0 Å². The van der Waals surface area contributed by atoms with Gasteiger partial charge in [-0.2, -0.15) is 5.10 Å². The van der Waals surface area contributed by atoms with Gasteiger partial charge >= 0.3 is 5.97 Å². The van der Waals surface area contributed by atoms with E-state index < -0.39 is 14.0 Å². The van der Waals surface area contributed by atoms with E-state index in [0.717, 1.165) is 29.1 Å². The van der Waals surface area contributed by atoms with Crippen LogP contribution in [0.3, 0.4) is 0 Å². The smallest absolute Gasteiger partial charge is 0.359 e. The third kappa shape index (κ3) is 4.89. The van der Waals surface area contributed by atoms with Gasteiger partial charge < -0.3 is 9.47 Å². The van der Waals surface area contributed by atoms with E-state index in [4.69, 9.17) is 9.47 Å². The molecule has 2 aromatic rings. The average Bonchev–Trinajstić information content (AvgIpc) is 2.89. The Bertz CT molecular complexity index is 682. The molecule has 0 aliphatic carbocycles. The van der Waals surface area contributed by atoms with Gasteiger partial charge in [0.05, 0.1) is 12.1 Å². The minimum atomic E-state index is -1.11. The first-order chi connectivity index (χ1) is 10.8. The Morgan fingerprint density at radius 3 is 2.78 bits per heavy atom. The number of rotatable bonds is 7. The molecule has 2 rings (SSSR count). The first-order valence-electron chi connectivity index (χ1n) is 7.72. The normalized spacial score (nSPS) is 13.3. The number of benzene rings is 1. The molecule has 0 saturated heterocycles. The second-order valence-corrected chi connectivity index (χ2v) is 13.0. The molecule has 5 nitrogen and oxygen atoms in total. The summed E-state index contributed by atoms with van der Waals surface area (Å²) < 4.78 is 10.9. The lowest BCUT2D eigenvalue weighted by Gasteiger charge is -2.18. The second-order valence-electron chi connectivity index (χ2n) is 6.60. The van der Waals surface area contributed by atoms with E-state index >= 15 is 0 Å². The van der Waals surface area contributed by atoms with Gasteiger partial charge in [0.25, 0.3) is 0 Å². The van der Waals surface area contributed by atoms with E-state index in [-0.39, 0.29) is 5.01 Å². The number of fused-ring (bicyclic) bond motifs is 1. The van der Waals surface area contributed by atoms with Crippen molar-refractivity contribution in [2.45, 2.75) is 37.6 Å². The molecule has 126 valence electrons. The van der Waals surface area contributed by atoms with Crippen LogP contribution in [0.15, 0.2) is 18.2 Å². The van der Waals surface area contributed by atoms with Gasteiger partial charge in [-0.05, 0) is 30.7 Å². The van der Waals surface area contributed by atoms with Gasteiger partial charge in [0.15, 0.2) is 5.69 Å². The fourth-order valence-electron chi connectivity index (χ4n) is 2.09. The van der Waals surface area contributed by atoms with Crippen LogP contribution in [-0.4, -0.2) is 37.5 Å². The number of alkyl halides is 1. The van der Waals surface area contributed by atoms with Gasteiger partial charge in [0.1, 0.15) is 5.01 Å². The number of halogens is 1. The monoisotopic (exact) mass is 398 g/mol. The lowest BCUT2D eigenvalue weighted by Crippen LogP contribution is -2.21. The van der Waals surface area contributed by atoms with E-state index in [1.165, 1.54) is 0 Å². The van der Waals surface area contributed by atoms with Crippen molar-refractivity contribution in [2.75, 3.05) is 13.2 Å². The zero-order valence-corrected chi connectivity index (χ0v) is 16.6. The molecule has 0 amide bonds. The number of ether oxygens (including phenoxy) is 2. The highest BCUT2D eigenvalue weighted by atomic mass is 79.9. The number of nitrogens with zero attached hydrogens (tertiary/aromatic N) is 1. The van der Waals surface area contributed by atoms with Gasteiger partial charge in [-0.15, -0.1) is 0 Å². The fraction of sp³-hybridized carbons (Fsp3) is 0.500. The molecule has 0 spiro atoms. The van der Waals surface area contributed by atoms with Crippen LogP contribution in [0.25, 0.3) is 10.9 Å². The largest absolute Gasteiger partial charge is 0.461 e. The van der Waals surface area contributed by atoms with Crippen LogP contribution in [0.1, 0.15) is 28.0 Å². The number of carbonyl (C=O) groups excluding carboxylic acids is 1. The van der Waals surface area contributed by atoms with Gasteiger partial charge in [-0.3, -0.25) is 5.10 Å². The van der Waals surface area contributed by atoms with Crippen molar-refractivity contribution < 1.29 is 14.3 Å². The van der Waals surface area contributed by atoms with E-state index in [0.29, 0.717) is 12.3 Å². The number of hydrogen-bond acceptors (Lipinski definition) is 4. The minimum absolute atomic E-state index is 0.201. The summed E-state index contributed by atoms with van der Waals surface area (Å²) in [4.78, 5) is 11.9. The molecular formula is C16H23BrN2O3Si. The summed E-state index contributed by atoms with van der Waals surface area (Å²) in [6, 6.07) is 6.88. The number of aromatic amines is 1. The van der Waals surface area contributed by atoms with Crippen molar-refractivity contribution in [2.24, 2.45) is 0 Å². The van der Waals surface area contributed by atoms with Crippen LogP contribution >= 0.6 is 15.9 Å². The molecule has 0 bridgehead atoms. The number of hydrogen-bond donors (Lipinski definition) is 1. The number of nitrogens with one attached hydrogen (secondary N) is 1. The van der Waals surface area contributed by atoms with Crippen LogP contribution in [-0.2, 0) is 9.47 Å². The number of H-pyrrole nitrogens is 1. The Kier molecular flexibility index (Phi) is 5.99. The molecule has 1 heterocycles. The van der Waals surface area contributed by atoms with Crippen LogP contribution in [0.4, 0.5) is 0 Å². The molecule has 1 aromatic heterocycles. The molecule has 1 atom stereocenters.